The molecule has 9 heteroatoms. The van der Waals surface area contributed by atoms with Crippen LogP contribution in [0.1, 0.15) is 36.9 Å². The molecule has 4 aromatic rings. The molecule has 0 bridgehead atoms. The second-order valence-corrected chi connectivity index (χ2v) is 11.0. The predicted octanol–water partition coefficient (Wildman–Crippen LogP) is 4.21. The van der Waals surface area contributed by atoms with Crippen molar-refractivity contribution in [2.45, 2.75) is 43.7 Å². The zero-order valence-corrected chi connectivity index (χ0v) is 20.8. The van der Waals surface area contributed by atoms with Gasteiger partial charge in [0.15, 0.2) is 9.84 Å². The Kier molecular flexibility index (Phi) is 6.42. The maximum absolute atomic E-state index is 11.6. The Morgan fingerprint density at radius 2 is 1.69 bits per heavy atom. The standard InChI is InChI=1S/C26H29N5O3S/c1-3-19-15-27-26(28-16-19)30-12-10-22(11-13-30)31-25-9-4-20(14-21(25)17-29-31)18-34-23-5-7-24(8-6-23)35(2,32)33/h4-9,14-17,22H,3,10-13,18H2,1-2H3. The highest BCUT2D eigenvalue weighted by Crippen LogP contribution is 2.28. The van der Waals surface area contributed by atoms with Crippen LogP contribution in [0, 0.1) is 0 Å². The maximum atomic E-state index is 11.6. The summed E-state index contributed by atoms with van der Waals surface area (Å²) in [6.07, 6.45) is 9.87. The van der Waals surface area contributed by atoms with Gasteiger partial charge in [0.2, 0.25) is 5.95 Å². The summed E-state index contributed by atoms with van der Waals surface area (Å²) in [6.45, 7) is 4.31. The minimum Gasteiger partial charge on any atom is -0.489 e. The molecular weight excluding hydrogens is 462 g/mol. The van der Waals surface area contributed by atoms with E-state index >= 15 is 0 Å². The molecule has 1 aliphatic heterocycles. The minimum atomic E-state index is -3.21. The van der Waals surface area contributed by atoms with E-state index in [9.17, 15) is 8.42 Å². The molecule has 8 nitrogen and oxygen atoms in total. The first kappa shape index (κ1) is 23.3. The van der Waals surface area contributed by atoms with Crippen molar-refractivity contribution in [2.75, 3.05) is 24.2 Å². The zero-order chi connectivity index (χ0) is 24.4. The van der Waals surface area contributed by atoms with Gasteiger partial charge in [0.25, 0.3) is 0 Å². The number of sulfone groups is 1. The van der Waals surface area contributed by atoms with Gasteiger partial charge in [-0.25, -0.2) is 18.4 Å². The lowest BCUT2D eigenvalue weighted by Crippen LogP contribution is -2.36. The van der Waals surface area contributed by atoms with Crippen molar-refractivity contribution in [2.24, 2.45) is 0 Å². The number of fused-ring (bicyclic) bond motifs is 1. The summed E-state index contributed by atoms with van der Waals surface area (Å²) in [5, 5.41) is 5.78. The first-order valence-corrected chi connectivity index (χ1v) is 13.7. The fraction of sp³-hybridized carbons (Fsp3) is 0.346. The van der Waals surface area contributed by atoms with Crippen LogP contribution in [0.5, 0.6) is 5.75 Å². The summed E-state index contributed by atoms with van der Waals surface area (Å²) in [6, 6.07) is 13.1. The summed E-state index contributed by atoms with van der Waals surface area (Å²) in [4.78, 5) is 11.6. The Morgan fingerprint density at radius 3 is 2.34 bits per heavy atom. The summed E-state index contributed by atoms with van der Waals surface area (Å²) >= 11 is 0. The maximum Gasteiger partial charge on any atom is 0.225 e. The van der Waals surface area contributed by atoms with Gasteiger partial charge < -0.3 is 9.64 Å². The van der Waals surface area contributed by atoms with Gasteiger partial charge in [0.1, 0.15) is 12.4 Å². The lowest BCUT2D eigenvalue weighted by atomic mass is 10.0. The third kappa shape index (κ3) is 5.14. The average Bonchev–Trinajstić information content (AvgIpc) is 3.31. The van der Waals surface area contributed by atoms with Gasteiger partial charge >= 0.3 is 0 Å². The molecule has 0 radical (unpaired) electrons. The van der Waals surface area contributed by atoms with Crippen molar-refractivity contribution < 1.29 is 13.2 Å². The van der Waals surface area contributed by atoms with Crippen molar-refractivity contribution in [1.82, 2.24) is 19.7 Å². The molecule has 1 fully saturated rings. The van der Waals surface area contributed by atoms with Crippen LogP contribution in [0.25, 0.3) is 10.9 Å². The fourth-order valence-corrected chi connectivity index (χ4v) is 5.07. The fourth-order valence-electron chi connectivity index (χ4n) is 4.44. The molecule has 35 heavy (non-hydrogen) atoms. The van der Waals surface area contributed by atoms with E-state index in [-0.39, 0.29) is 4.90 Å². The summed E-state index contributed by atoms with van der Waals surface area (Å²) in [5.41, 5.74) is 3.31. The van der Waals surface area contributed by atoms with Gasteiger partial charge in [-0.1, -0.05) is 13.0 Å². The molecule has 0 aliphatic carbocycles. The highest BCUT2D eigenvalue weighted by molar-refractivity contribution is 7.90. The molecule has 0 saturated carbocycles. The Hall–Kier alpha value is -3.46. The van der Waals surface area contributed by atoms with E-state index in [0.717, 1.165) is 60.3 Å². The van der Waals surface area contributed by atoms with Crippen LogP contribution in [-0.2, 0) is 22.9 Å². The van der Waals surface area contributed by atoms with Crippen LogP contribution in [0.2, 0.25) is 0 Å². The monoisotopic (exact) mass is 491 g/mol. The van der Waals surface area contributed by atoms with Gasteiger partial charge in [-0.15, -0.1) is 0 Å². The summed E-state index contributed by atoms with van der Waals surface area (Å²) < 4.78 is 31.2. The average molecular weight is 492 g/mol. The lowest BCUT2D eigenvalue weighted by molar-refractivity contribution is 0.306. The highest BCUT2D eigenvalue weighted by Gasteiger charge is 2.24. The second-order valence-electron chi connectivity index (χ2n) is 8.98. The molecule has 0 unspecified atom stereocenters. The van der Waals surface area contributed by atoms with Crippen molar-refractivity contribution in [3.05, 3.63) is 72.2 Å². The number of rotatable bonds is 7. The van der Waals surface area contributed by atoms with E-state index in [1.165, 1.54) is 6.26 Å². The number of nitrogens with zero attached hydrogens (tertiary/aromatic N) is 5. The van der Waals surface area contributed by atoms with Crippen LogP contribution < -0.4 is 9.64 Å². The Morgan fingerprint density at radius 1 is 0.971 bits per heavy atom. The van der Waals surface area contributed by atoms with Crippen molar-refractivity contribution in [3.8, 4) is 5.75 Å². The van der Waals surface area contributed by atoms with Gasteiger partial charge in [0.05, 0.1) is 22.7 Å². The van der Waals surface area contributed by atoms with Crippen LogP contribution in [-0.4, -0.2) is 47.5 Å². The minimum absolute atomic E-state index is 0.284. The molecule has 0 N–H and O–H groups in total. The van der Waals surface area contributed by atoms with E-state index in [2.05, 4.69) is 44.7 Å². The number of anilines is 1. The Balaban J connectivity index is 1.22. The number of hydrogen-bond donors (Lipinski definition) is 0. The van der Waals surface area contributed by atoms with Gasteiger partial charge in [0, 0.05) is 37.1 Å². The van der Waals surface area contributed by atoms with E-state index < -0.39 is 9.84 Å². The highest BCUT2D eigenvalue weighted by atomic mass is 32.2. The third-order valence-corrected chi connectivity index (χ3v) is 7.64. The van der Waals surface area contributed by atoms with Gasteiger partial charge in [-0.2, -0.15) is 5.10 Å². The smallest absolute Gasteiger partial charge is 0.225 e. The van der Waals surface area contributed by atoms with Crippen LogP contribution >= 0.6 is 0 Å². The second kappa shape index (κ2) is 9.65. The molecule has 1 aliphatic rings. The first-order valence-electron chi connectivity index (χ1n) is 11.9. The number of ether oxygens (including phenoxy) is 1. The van der Waals surface area contributed by atoms with Crippen LogP contribution in [0.15, 0.2) is 66.0 Å². The van der Waals surface area contributed by atoms with Crippen LogP contribution in [0.3, 0.4) is 0 Å². The normalized spacial score (nSPS) is 15.0. The predicted molar refractivity (Wildman–Crippen MR) is 136 cm³/mol. The molecule has 0 spiro atoms. The molecule has 0 amide bonds. The topological polar surface area (TPSA) is 90.2 Å². The first-order chi connectivity index (χ1) is 16.9. The Labute approximate surface area is 205 Å². The van der Waals surface area contributed by atoms with E-state index in [1.54, 1.807) is 24.3 Å². The lowest BCUT2D eigenvalue weighted by Gasteiger charge is -2.32. The van der Waals surface area contributed by atoms with Gasteiger partial charge in [-0.05, 0) is 66.8 Å². The molecule has 182 valence electrons. The van der Waals surface area contributed by atoms with Gasteiger partial charge in [-0.3, -0.25) is 4.68 Å². The van der Waals surface area contributed by atoms with Crippen molar-refractivity contribution in [3.63, 3.8) is 0 Å². The van der Waals surface area contributed by atoms with E-state index in [4.69, 9.17) is 9.84 Å². The summed E-state index contributed by atoms with van der Waals surface area (Å²) in [7, 11) is -3.21. The van der Waals surface area contributed by atoms with Crippen LogP contribution in [0.4, 0.5) is 5.95 Å². The molecule has 5 rings (SSSR count). The molecule has 3 heterocycles. The number of piperidine rings is 1. The SMILES string of the molecule is CCc1cnc(N2CCC(n3ncc4cc(COc5ccc(S(C)(=O)=O)cc5)ccc43)CC2)nc1. The quantitative estimate of drug-likeness (QED) is 0.382. The molecule has 0 atom stereocenters. The van der Waals surface area contributed by atoms with Crippen molar-refractivity contribution in [1.29, 1.82) is 0 Å². The summed E-state index contributed by atoms with van der Waals surface area (Å²) in [5.74, 6) is 1.44. The molecule has 1 saturated heterocycles. The van der Waals surface area contributed by atoms with Crippen molar-refractivity contribution >= 4 is 26.7 Å². The molecule has 2 aromatic carbocycles. The third-order valence-electron chi connectivity index (χ3n) is 6.51. The number of aromatic nitrogens is 4. The molecular formula is C26H29N5O3S. The van der Waals surface area contributed by atoms with E-state index in [0.29, 0.717) is 18.4 Å². The Bertz CT molecular complexity index is 1410. The largest absolute Gasteiger partial charge is 0.489 e. The number of aryl methyl sites for hydroxylation is 1. The zero-order valence-electron chi connectivity index (χ0n) is 20.0. The molecule has 2 aromatic heterocycles. The van der Waals surface area contributed by atoms with E-state index in [1.807, 2.05) is 18.6 Å². The number of hydrogen-bond acceptors (Lipinski definition) is 7. The number of benzene rings is 2.